The molecule has 0 aromatic rings. The van der Waals surface area contributed by atoms with Gasteiger partial charge in [0, 0.05) is 24.8 Å². The number of carbonyl (C=O) groups excluding carboxylic acids is 2. The van der Waals surface area contributed by atoms with Gasteiger partial charge in [-0.25, -0.2) is 4.79 Å². The van der Waals surface area contributed by atoms with Gasteiger partial charge in [0.05, 0.1) is 5.41 Å². The van der Waals surface area contributed by atoms with Crippen LogP contribution in [0.15, 0.2) is 11.6 Å². The highest BCUT2D eigenvalue weighted by molar-refractivity contribution is 5.85. The number of carbonyl (C=O) groups is 2. The number of hydrogen-bond donors (Lipinski definition) is 1. The van der Waals surface area contributed by atoms with Crippen LogP contribution < -0.4 is 5.32 Å². The molecule has 2 saturated carbocycles. The van der Waals surface area contributed by atoms with Gasteiger partial charge in [-0.15, -0.1) is 5.92 Å². The lowest BCUT2D eigenvalue weighted by atomic mass is 9.44. The van der Waals surface area contributed by atoms with E-state index in [1.807, 2.05) is 20.8 Å². The van der Waals surface area contributed by atoms with Gasteiger partial charge in [0.15, 0.2) is 0 Å². The lowest BCUT2D eigenvalue weighted by Gasteiger charge is -2.59. The van der Waals surface area contributed by atoms with Crippen molar-refractivity contribution < 1.29 is 14.3 Å². The van der Waals surface area contributed by atoms with Gasteiger partial charge in [0.2, 0.25) is 0 Å². The van der Waals surface area contributed by atoms with Crippen LogP contribution in [0.2, 0.25) is 0 Å². The Hall–Kier alpha value is -1.76. The zero-order chi connectivity index (χ0) is 22.2. The zero-order valence-electron chi connectivity index (χ0n) is 19.7. The van der Waals surface area contributed by atoms with Gasteiger partial charge in [0.1, 0.15) is 11.4 Å². The molecular weight excluding hydrogens is 374 g/mol. The van der Waals surface area contributed by atoms with Crippen molar-refractivity contribution in [2.45, 2.75) is 98.5 Å². The van der Waals surface area contributed by atoms with E-state index in [0.29, 0.717) is 31.1 Å². The topological polar surface area (TPSA) is 55.4 Å². The molecule has 1 amide bonds. The Balaban J connectivity index is 1.73. The first-order valence-electron chi connectivity index (χ1n) is 11.6. The Morgan fingerprint density at radius 2 is 1.97 bits per heavy atom. The van der Waals surface area contributed by atoms with Crippen molar-refractivity contribution in [3.63, 3.8) is 0 Å². The van der Waals surface area contributed by atoms with E-state index in [0.717, 1.165) is 32.1 Å². The van der Waals surface area contributed by atoms with Crippen molar-refractivity contribution in [2.75, 3.05) is 6.54 Å². The van der Waals surface area contributed by atoms with E-state index in [4.69, 9.17) is 4.74 Å². The van der Waals surface area contributed by atoms with Gasteiger partial charge in [-0.05, 0) is 76.2 Å². The molecule has 3 aliphatic rings. The summed E-state index contributed by atoms with van der Waals surface area (Å²) in [5, 5.41) is 2.80. The molecule has 3 rings (SSSR count). The summed E-state index contributed by atoms with van der Waals surface area (Å²) >= 11 is 0. The van der Waals surface area contributed by atoms with Gasteiger partial charge in [0.25, 0.3) is 0 Å². The maximum absolute atomic E-state index is 12.6. The summed E-state index contributed by atoms with van der Waals surface area (Å²) < 4.78 is 5.28. The zero-order valence-corrected chi connectivity index (χ0v) is 19.7. The monoisotopic (exact) mass is 413 g/mol. The molecular formula is C26H39NO3. The highest BCUT2D eigenvalue weighted by Gasteiger charge is 2.59. The van der Waals surface area contributed by atoms with E-state index in [-0.39, 0.29) is 22.3 Å². The fourth-order valence-corrected chi connectivity index (χ4v) is 6.24. The molecule has 0 aromatic heterocycles. The molecule has 0 spiro atoms. The third-order valence-corrected chi connectivity index (χ3v) is 7.62. The average Bonchev–Trinajstić information content (AvgIpc) is 2.63. The number of Topliss-reactive ketones (excluding diaryl/α,β-unsaturated/α-hetero) is 1. The van der Waals surface area contributed by atoms with Crippen molar-refractivity contribution in [1.82, 2.24) is 5.32 Å². The normalized spacial score (nSPS) is 32.7. The first-order valence-corrected chi connectivity index (χ1v) is 11.6. The molecule has 0 aliphatic heterocycles. The van der Waals surface area contributed by atoms with Crippen LogP contribution in [-0.4, -0.2) is 24.0 Å². The molecule has 0 saturated heterocycles. The van der Waals surface area contributed by atoms with Gasteiger partial charge in [-0.1, -0.05) is 32.8 Å². The number of ketones is 1. The Labute approximate surface area is 182 Å². The number of nitrogens with one attached hydrogen (secondary N) is 1. The molecule has 30 heavy (non-hydrogen) atoms. The number of alkyl carbamates (subject to hydrolysis) is 1. The highest BCUT2D eigenvalue weighted by atomic mass is 16.6. The maximum Gasteiger partial charge on any atom is 0.407 e. The second-order valence-electron chi connectivity index (χ2n) is 11.2. The van der Waals surface area contributed by atoms with Crippen molar-refractivity contribution in [3.8, 4) is 11.8 Å². The van der Waals surface area contributed by atoms with Crippen molar-refractivity contribution in [3.05, 3.63) is 11.6 Å². The van der Waals surface area contributed by atoms with Gasteiger partial charge in [-0.2, -0.15) is 0 Å². The third kappa shape index (κ3) is 4.32. The SMILES string of the molecule is CC(C)(C)OC(=O)NCCC#C[C@]12CCCC=C1[C@@]1(C)CCC(=O)C(C)(C)[C@@H]1CC2. The van der Waals surface area contributed by atoms with E-state index < -0.39 is 5.60 Å². The molecule has 0 bridgehead atoms. The molecule has 3 aliphatic carbocycles. The number of ether oxygens (including phenoxy) is 1. The predicted molar refractivity (Wildman–Crippen MR) is 120 cm³/mol. The Morgan fingerprint density at radius 3 is 2.67 bits per heavy atom. The Morgan fingerprint density at radius 1 is 1.23 bits per heavy atom. The minimum absolute atomic E-state index is 0.0497. The van der Waals surface area contributed by atoms with Crippen molar-refractivity contribution in [2.24, 2.45) is 22.2 Å². The molecule has 0 aromatic carbocycles. The third-order valence-electron chi connectivity index (χ3n) is 7.62. The van der Waals surface area contributed by atoms with Crippen LogP contribution >= 0.6 is 0 Å². The molecule has 1 N–H and O–H groups in total. The van der Waals surface area contributed by atoms with Gasteiger partial charge in [-0.3, -0.25) is 4.79 Å². The molecule has 4 nitrogen and oxygen atoms in total. The number of fused-ring (bicyclic) bond motifs is 3. The van der Waals surface area contributed by atoms with E-state index in [9.17, 15) is 9.59 Å². The predicted octanol–water partition coefficient (Wildman–Crippen LogP) is 5.81. The molecule has 2 fully saturated rings. The summed E-state index contributed by atoms with van der Waals surface area (Å²) in [7, 11) is 0. The summed E-state index contributed by atoms with van der Waals surface area (Å²) in [5.41, 5.74) is 0.790. The minimum atomic E-state index is -0.486. The van der Waals surface area contributed by atoms with Crippen LogP contribution in [0.4, 0.5) is 4.79 Å². The van der Waals surface area contributed by atoms with Gasteiger partial charge < -0.3 is 10.1 Å². The van der Waals surface area contributed by atoms with E-state index in [1.54, 1.807) is 0 Å². The quantitative estimate of drug-likeness (QED) is 0.353. The smallest absolute Gasteiger partial charge is 0.407 e. The summed E-state index contributed by atoms with van der Waals surface area (Å²) in [4.78, 5) is 24.5. The fraction of sp³-hybridized carbons (Fsp3) is 0.769. The summed E-state index contributed by atoms with van der Waals surface area (Å²) in [5.74, 6) is 7.86. The van der Waals surface area contributed by atoms with Crippen molar-refractivity contribution in [1.29, 1.82) is 0 Å². The summed E-state index contributed by atoms with van der Waals surface area (Å²) in [6.45, 7) is 12.8. The Kier molecular flexibility index (Phi) is 6.16. The van der Waals surface area contributed by atoms with Gasteiger partial charge >= 0.3 is 6.09 Å². The second-order valence-corrected chi connectivity index (χ2v) is 11.2. The first kappa shape index (κ1) is 22.9. The lowest BCUT2D eigenvalue weighted by Crippen LogP contribution is -2.54. The molecule has 0 heterocycles. The molecule has 166 valence electrons. The first-order chi connectivity index (χ1) is 13.9. The number of amides is 1. The van der Waals surface area contributed by atoms with E-state index >= 15 is 0 Å². The second kappa shape index (κ2) is 8.06. The highest BCUT2D eigenvalue weighted by Crippen LogP contribution is 2.65. The van der Waals surface area contributed by atoms with Crippen LogP contribution in [0.25, 0.3) is 0 Å². The molecule has 0 unspecified atom stereocenters. The number of allylic oxidation sites excluding steroid dienone is 2. The van der Waals surface area contributed by atoms with Crippen LogP contribution in [-0.2, 0) is 9.53 Å². The van der Waals surface area contributed by atoms with E-state index in [1.165, 1.54) is 12.0 Å². The van der Waals surface area contributed by atoms with Crippen LogP contribution in [0.5, 0.6) is 0 Å². The van der Waals surface area contributed by atoms with Crippen LogP contribution in [0, 0.1) is 34.0 Å². The Bertz CT molecular complexity index is 791. The van der Waals surface area contributed by atoms with Crippen LogP contribution in [0.3, 0.4) is 0 Å². The minimum Gasteiger partial charge on any atom is -0.444 e. The summed E-state index contributed by atoms with van der Waals surface area (Å²) in [6.07, 6.45) is 9.85. The average molecular weight is 414 g/mol. The summed E-state index contributed by atoms with van der Waals surface area (Å²) in [6, 6.07) is 0. The number of rotatable bonds is 2. The standard InChI is InChI=1S/C26H39NO3/c1-23(2,3)30-22(29)27-18-10-9-15-26-14-8-7-11-20(26)25(6)16-13-21(28)24(4,5)19(25)12-17-26/h11,19H,7-8,10,12-14,16-18H2,1-6H3,(H,27,29)/t19-,25-,26-/m0/s1. The molecule has 3 atom stereocenters. The number of hydrogen-bond acceptors (Lipinski definition) is 3. The molecule has 0 radical (unpaired) electrons. The largest absolute Gasteiger partial charge is 0.444 e. The molecule has 4 heteroatoms. The fourth-order valence-electron chi connectivity index (χ4n) is 6.24. The van der Waals surface area contributed by atoms with Crippen molar-refractivity contribution >= 4 is 11.9 Å². The van der Waals surface area contributed by atoms with Crippen LogP contribution in [0.1, 0.15) is 92.9 Å². The van der Waals surface area contributed by atoms with E-state index in [2.05, 4.69) is 44.0 Å². The lowest BCUT2D eigenvalue weighted by molar-refractivity contribution is -0.141. The maximum atomic E-state index is 12.6.